The highest BCUT2D eigenvalue weighted by atomic mass is 35.5. The minimum Gasteiger partial charge on any atom is -0.492 e. The molecule has 0 saturated carbocycles. The van der Waals surface area contributed by atoms with Gasteiger partial charge in [-0.25, -0.2) is 0 Å². The summed E-state index contributed by atoms with van der Waals surface area (Å²) >= 11 is 5.49. The number of hydrogen-bond donors (Lipinski definition) is 0. The first-order valence-electron chi connectivity index (χ1n) is 5.23. The highest BCUT2D eigenvalue weighted by molar-refractivity contribution is 6.64. The summed E-state index contributed by atoms with van der Waals surface area (Å²) in [6, 6.07) is 5.99. The van der Waals surface area contributed by atoms with Crippen molar-refractivity contribution in [3.8, 4) is 5.75 Å². The molecule has 0 amide bonds. The monoisotopic (exact) mass is 240 g/mol. The minimum atomic E-state index is -0.655. The predicted octanol–water partition coefficient (Wildman–Crippen LogP) is 3.47. The van der Waals surface area contributed by atoms with Crippen LogP contribution in [0.25, 0.3) is 0 Å². The molecule has 0 saturated heterocycles. The lowest BCUT2D eigenvalue weighted by molar-refractivity contribution is -0.120. The summed E-state index contributed by atoms with van der Waals surface area (Å²) in [7, 11) is 0. The van der Waals surface area contributed by atoms with Gasteiger partial charge < -0.3 is 4.74 Å². The fraction of sp³-hybridized carbons (Fsp3) is 0.462. The molecule has 0 fully saturated rings. The highest BCUT2D eigenvalue weighted by Crippen LogP contribution is 2.24. The maximum Gasteiger partial charge on any atom is 0.230 e. The van der Waals surface area contributed by atoms with Crippen LogP contribution < -0.4 is 4.74 Å². The van der Waals surface area contributed by atoms with Crippen molar-refractivity contribution in [2.75, 3.05) is 6.61 Å². The van der Waals surface area contributed by atoms with Gasteiger partial charge in [-0.3, -0.25) is 4.79 Å². The molecule has 0 aliphatic heterocycles. The number of hydrogen-bond acceptors (Lipinski definition) is 2. The summed E-state index contributed by atoms with van der Waals surface area (Å²) in [6.07, 6.45) is 0. The number of aryl methyl sites for hydroxylation is 2. The number of carbonyl (C=O) groups is 1. The number of carbonyl (C=O) groups excluding carboxylic acids is 1. The van der Waals surface area contributed by atoms with Gasteiger partial charge in [-0.1, -0.05) is 12.1 Å². The van der Waals surface area contributed by atoms with Crippen LogP contribution in [0.4, 0.5) is 0 Å². The van der Waals surface area contributed by atoms with Crippen LogP contribution in [-0.4, -0.2) is 11.8 Å². The Kier molecular flexibility index (Phi) is 3.98. The zero-order valence-electron chi connectivity index (χ0n) is 10.1. The number of ether oxygens (including phenoxy) is 1. The van der Waals surface area contributed by atoms with Crippen LogP contribution in [0.1, 0.15) is 25.0 Å². The molecule has 0 spiro atoms. The van der Waals surface area contributed by atoms with Crippen LogP contribution in [0.15, 0.2) is 18.2 Å². The number of halogens is 1. The summed E-state index contributed by atoms with van der Waals surface area (Å²) in [5, 5.41) is -0.377. The summed E-state index contributed by atoms with van der Waals surface area (Å²) in [5.41, 5.74) is 1.54. The Hall–Kier alpha value is -1.02. The average molecular weight is 241 g/mol. The maximum absolute atomic E-state index is 11.1. The van der Waals surface area contributed by atoms with Crippen molar-refractivity contribution in [1.29, 1.82) is 0 Å². The zero-order chi connectivity index (χ0) is 12.3. The lowest BCUT2D eigenvalue weighted by Crippen LogP contribution is -2.27. The van der Waals surface area contributed by atoms with Crippen molar-refractivity contribution in [3.05, 3.63) is 29.3 Å². The van der Waals surface area contributed by atoms with Gasteiger partial charge in [0.1, 0.15) is 12.4 Å². The third-order valence-electron chi connectivity index (χ3n) is 2.46. The first-order chi connectivity index (χ1) is 7.33. The summed E-state index contributed by atoms with van der Waals surface area (Å²) in [6.45, 7) is 7.81. The van der Waals surface area contributed by atoms with Gasteiger partial charge in [0.15, 0.2) is 0 Å². The van der Waals surface area contributed by atoms with Gasteiger partial charge in [-0.2, -0.15) is 0 Å². The third-order valence-corrected chi connectivity index (χ3v) is 2.98. The Morgan fingerprint density at radius 2 is 2.00 bits per heavy atom. The molecule has 1 rings (SSSR count). The van der Waals surface area contributed by atoms with E-state index in [0.29, 0.717) is 6.61 Å². The molecule has 2 nitrogen and oxygen atoms in total. The second kappa shape index (κ2) is 4.88. The van der Waals surface area contributed by atoms with Gasteiger partial charge in [0.2, 0.25) is 5.24 Å². The van der Waals surface area contributed by atoms with Gasteiger partial charge in [0.25, 0.3) is 0 Å². The fourth-order valence-electron chi connectivity index (χ4n) is 1.18. The van der Waals surface area contributed by atoms with E-state index in [4.69, 9.17) is 16.3 Å². The van der Waals surface area contributed by atoms with Gasteiger partial charge >= 0.3 is 0 Å². The van der Waals surface area contributed by atoms with Crippen LogP contribution >= 0.6 is 11.6 Å². The van der Waals surface area contributed by atoms with E-state index in [2.05, 4.69) is 0 Å². The molecule has 1 aromatic carbocycles. The van der Waals surface area contributed by atoms with Crippen molar-refractivity contribution in [2.24, 2.45) is 5.41 Å². The Bertz CT molecular complexity index is 397. The molecule has 3 heteroatoms. The average Bonchev–Trinajstić information content (AvgIpc) is 2.19. The molecule has 88 valence electrons. The molecule has 0 radical (unpaired) electrons. The Balaban J connectivity index is 2.75. The summed E-state index contributed by atoms with van der Waals surface area (Å²) in [4.78, 5) is 11.1. The SMILES string of the molecule is Cc1ccc(C)c(OCC(C)(C)C(=O)Cl)c1. The van der Waals surface area contributed by atoms with E-state index in [1.807, 2.05) is 32.0 Å². The smallest absolute Gasteiger partial charge is 0.230 e. The van der Waals surface area contributed by atoms with Gasteiger partial charge in [0.05, 0.1) is 5.41 Å². The zero-order valence-corrected chi connectivity index (χ0v) is 10.9. The van der Waals surface area contributed by atoms with Crippen molar-refractivity contribution >= 4 is 16.8 Å². The van der Waals surface area contributed by atoms with E-state index in [0.717, 1.165) is 16.9 Å². The maximum atomic E-state index is 11.1. The second-order valence-corrected chi connectivity index (χ2v) is 5.06. The van der Waals surface area contributed by atoms with Crippen LogP contribution in [0.3, 0.4) is 0 Å². The molecule has 0 bridgehead atoms. The van der Waals surface area contributed by atoms with Crippen molar-refractivity contribution in [2.45, 2.75) is 27.7 Å². The van der Waals surface area contributed by atoms with E-state index in [1.165, 1.54) is 0 Å². The molecule has 0 aliphatic carbocycles. The van der Waals surface area contributed by atoms with Crippen molar-refractivity contribution < 1.29 is 9.53 Å². The van der Waals surface area contributed by atoms with E-state index in [1.54, 1.807) is 13.8 Å². The molecule has 0 aromatic heterocycles. The van der Waals surface area contributed by atoms with Crippen molar-refractivity contribution in [3.63, 3.8) is 0 Å². The van der Waals surface area contributed by atoms with Crippen LogP contribution in [-0.2, 0) is 4.79 Å². The van der Waals surface area contributed by atoms with Gasteiger partial charge in [-0.15, -0.1) is 0 Å². The summed E-state index contributed by atoms with van der Waals surface area (Å²) < 4.78 is 5.64. The normalized spacial score (nSPS) is 11.3. The van der Waals surface area contributed by atoms with Gasteiger partial charge in [-0.05, 0) is 56.5 Å². The second-order valence-electron chi connectivity index (χ2n) is 4.72. The third kappa shape index (κ3) is 3.24. The highest BCUT2D eigenvalue weighted by Gasteiger charge is 2.27. The van der Waals surface area contributed by atoms with Gasteiger partial charge in [0, 0.05) is 0 Å². The largest absolute Gasteiger partial charge is 0.492 e. The quantitative estimate of drug-likeness (QED) is 0.754. The molecule has 16 heavy (non-hydrogen) atoms. The van der Waals surface area contributed by atoms with Crippen LogP contribution in [0.5, 0.6) is 5.75 Å². The first-order valence-corrected chi connectivity index (χ1v) is 5.61. The van der Waals surface area contributed by atoms with E-state index in [-0.39, 0.29) is 5.24 Å². The Labute approximate surface area is 102 Å². The standard InChI is InChI=1S/C13H17ClO2/c1-9-5-6-10(2)11(7-9)16-8-13(3,4)12(14)15/h5-7H,8H2,1-4H3. The number of rotatable bonds is 4. The molecule has 0 heterocycles. The predicted molar refractivity (Wildman–Crippen MR) is 66.1 cm³/mol. The molecule has 0 unspecified atom stereocenters. The first kappa shape index (κ1) is 13.0. The van der Waals surface area contributed by atoms with Crippen LogP contribution in [0, 0.1) is 19.3 Å². The topological polar surface area (TPSA) is 26.3 Å². The van der Waals surface area contributed by atoms with E-state index < -0.39 is 5.41 Å². The van der Waals surface area contributed by atoms with Crippen LogP contribution in [0.2, 0.25) is 0 Å². The fourth-order valence-corrected chi connectivity index (χ4v) is 1.23. The van der Waals surface area contributed by atoms with E-state index in [9.17, 15) is 4.79 Å². The lowest BCUT2D eigenvalue weighted by Gasteiger charge is -2.20. The molecule has 0 atom stereocenters. The Morgan fingerprint density at radius 1 is 1.38 bits per heavy atom. The minimum absolute atomic E-state index is 0.291. The number of benzene rings is 1. The van der Waals surface area contributed by atoms with E-state index >= 15 is 0 Å². The molecule has 1 aromatic rings. The summed E-state index contributed by atoms with van der Waals surface area (Å²) in [5.74, 6) is 0.811. The van der Waals surface area contributed by atoms with Crippen molar-refractivity contribution in [1.82, 2.24) is 0 Å². The molecule has 0 aliphatic rings. The lowest BCUT2D eigenvalue weighted by atomic mass is 9.97. The molecular weight excluding hydrogens is 224 g/mol. The Morgan fingerprint density at radius 3 is 2.56 bits per heavy atom. The molecule has 0 N–H and O–H groups in total. The molecular formula is C13H17ClO2.